The average molecular weight is 350 g/mol. The zero-order valence-electron chi connectivity index (χ0n) is 13.3. The molecule has 0 spiro atoms. The maximum absolute atomic E-state index is 12.9. The highest BCUT2D eigenvalue weighted by atomic mass is 35.5. The average Bonchev–Trinajstić information content (AvgIpc) is 2.55. The predicted molar refractivity (Wildman–Crippen MR) is 91.9 cm³/mol. The molecular weight excluding hydrogens is 330 g/mol. The number of aliphatic carboxylic acids is 1. The Morgan fingerprint density at radius 1 is 1.42 bits per heavy atom. The van der Waals surface area contributed by atoms with Crippen LogP contribution in [0.2, 0.25) is 5.02 Å². The smallest absolute Gasteiger partial charge is 0.304 e. The monoisotopic (exact) mass is 349 g/mol. The Hall–Kier alpha value is -2.34. The SMILES string of the molecule is CN/C=C(\C=N)N1C(=O)C(CC(=O)O)CC[C@H]1c1ccc(Cl)cc1. The van der Waals surface area contributed by atoms with Crippen molar-refractivity contribution in [3.05, 3.63) is 46.7 Å². The van der Waals surface area contributed by atoms with Crippen LogP contribution in [-0.4, -0.2) is 35.1 Å². The fraction of sp³-hybridized carbons (Fsp3) is 0.353. The molecule has 1 aromatic carbocycles. The first kappa shape index (κ1) is 18.0. The molecule has 1 aromatic rings. The fourth-order valence-electron chi connectivity index (χ4n) is 3.00. The van der Waals surface area contributed by atoms with E-state index in [4.69, 9.17) is 22.1 Å². The molecule has 128 valence electrons. The van der Waals surface area contributed by atoms with Gasteiger partial charge in [0, 0.05) is 30.4 Å². The standard InChI is InChI=1S/C17H20ClN3O3/c1-20-10-14(9-19)21-15(11-2-5-13(18)6-3-11)7-4-12(17(21)24)8-16(22)23/h2-3,5-6,9-10,12,15,19-20H,4,7-8H2,1H3,(H,22,23)/b14-10+,19-9?/t12?,15-/m0/s1. The molecular formula is C17H20ClN3O3. The van der Waals surface area contributed by atoms with E-state index >= 15 is 0 Å². The first-order valence-corrected chi connectivity index (χ1v) is 8.04. The topological polar surface area (TPSA) is 93.5 Å². The Morgan fingerprint density at radius 2 is 2.08 bits per heavy atom. The van der Waals surface area contributed by atoms with Gasteiger partial charge in [-0.2, -0.15) is 0 Å². The number of nitrogens with one attached hydrogen (secondary N) is 2. The zero-order valence-corrected chi connectivity index (χ0v) is 14.1. The second-order valence-corrected chi connectivity index (χ2v) is 6.09. The quantitative estimate of drug-likeness (QED) is 0.688. The number of allylic oxidation sites excluding steroid dienone is 1. The van der Waals surface area contributed by atoms with E-state index in [1.807, 2.05) is 12.1 Å². The molecule has 0 aromatic heterocycles. The largest absolute Gasteiger partial charge is 0.481 e. The van der Waals surface area contributed by atoms with Gasteiger partial charge in [0.2, 0.25) is 5.91 Å². The third-order valence-corrected chi connectivity index (χ3v) is 4.33. The van der Waals surface area contributed by atoms with Crippen LogP contribution in [-0.2, 0) is 9.59 Å². The van der Waals surface area contributed by atoms with E-state index in [0.717, 1.165) is 11.8 Å². The highest BCUT2D eigenvalue weighted by molar-refractivity contribution is 6.30. The number of benzene rings is 1. The molecule has 1 aliphatic rings. The van der Waals surface area contributed by atoms with Gasteiger partial charge in [0.1, 0.15) is 0 Å². The van der Waals surface area contributed by atoms with Gasteiger partial charge in [-0.25, -0.2) is 0 Å². The lowest BCUT2D eigenvalue weighted by Gasteiger charge is -2.39. The summed E-state index contributed by atoms with van der Waals surface area (Å²) in [7, 11) is 1.68. The molecule has 0 aliphatic carbocycles. The van der Waals surface area contributed by atoms with Gasteiger partial charge in [-0.1, -0.05) is 23.7 Å². The van der Waals surface area contributed by atoms with Crippen molar-refractivity contribution in [2.75, 3.05) is 7.05 Å². The van der Waals surface area contributed by atoms with Crippen molar-refractivity contribution >= 4 is 29.7 Å². The lowest BCUT2D eigenvalue weighted by Crippen LogP contribution is -2.44. The number of rotatable bonds is 6. The Kier molecular flexibility index (Phi) is 5.98. The van der Waals surface area contributed by atoms with Gasteiger partial charge in [-0.15, -0.1) is 0 Å². The molecule has 6 nitrogen and oxygen atoms in total. The van der Waals surface area contributed by atoms with Crippen LogP contribution in [0.1, 0.15) is 30.9 Å². The minimum Gasteiger partial charge on any atom is -0.481 e. The summed E-state index contributed by atoms with van der Waals surface area (Å²) in [6.07, 6.45) is 3.59. The number of hydrogen-bond acceptors (Lipinski definition) is 4. The number of piperidine rings is 1. The molecule has 3 N–H and O–H groups in total. The molecule has 1 saturated heterocycles. The summed E-state index contributed by atoms with van der Waals surface area (Å²) in [6.45, 7) is 0. The number of hydrogen-bond donors (Lipinski definition) is 3. The van der Waals surface area contributed by atoms with Crippen LogP contribution in [0.3, 0.4) is 0 Å². The van der Waals surface area contributed by atoms with Gasteiger partial charge in [-0.05, 0) is 30.5 Å². The molecule has 24 heavy (non-hydrogen) atoms. The number of carbonyl (C=O) groups is 2. The summed E-state index contributed by atoms with van der Waals surface area (Å²) in [5.74, 6) is -1.84. The van der Waals surface area contributed by atoms with Crippen molar-refractivity contribution in [3.8, 4) is 0 Å². The van der Waals surface area contributed by atoms with Crippen LogP contribution in [0.4, 0.5) is 0 Å². The summed E-state index contributed by atoms with van der Waals surface area (Å²) in [5, 5.41) is 20.1. The van der Waals surface area contributed by atoms with Crippen LogP contribution < -0.4 is 5.32 Å². The lowest BCUT2D eigenvalue weighted by atomic mass is 9.86. The highest BCUT2D eigenvalue weighted by Gasteiger charge is 2.38. The van der Waals surface area contributed by atoms with E-state index in [2.05, 4.69) is 5.32 Å². The Morgan fingerprint density at radius 3 is 2.62 bits per heavy atom. The Labute approximate surface area is 145 Å². The molecule has 0 radical (unpaired) electrons. The van der Waals surface area contributed by atoms with Crippen molar-refractivity contribution in [2.24, 2.45) is 5.92 Å². The highest BCUT2D eigenvalue weighted by Crippen LogP contribution is 2.37. The normalized spacial score (nSPS) is 21.5. The Bertz CT molecular complexity index is 658. The van der Waals surface area contributed by atoms with Gasteiger partial charge < -0.3 is 20.7 Å². The van der Waals surface area contributed by atoms with Gasteiger partial charge >= 0.3 is 5.97 Å². The van der Waals surface area contributed by atoms with Gasteiger partial charge in [0.05, 0.1) is 18.2 Å². The van der Waals surface area contributed by atoms with E-state index in [1.54, 1.807) is 25.4 Å². The summed E-state index contributed by atoms with van der Waals surface area (Å²) in [5.41, 5.74) is 1.31. The lowest BCUT2D eigenvalue weighted by molar-refractivity contribution is -0.147. The second kappa shape index (κ2) is 7.97. The third-order valence-electron chi connectivity index (χ3n) is 4.08. The molecule has 0 saturated carbocycles. The van der Waals surface area contributed by atoms with Crippen LogP contribution in [0.25, 0.3) is 0 Å². The van der Waals surface area contributed by atoms with Crippen LogP contribution in [0.15, 0.2) is 36.2 Å². The van der Waals surface area contributed by atoms with E-state index in [1.165, 1.54) is 4.90 Å². The van der Waals surface area contributed by atoms with Crippen molar-refractivity contribution in [1.29, 1.82) is 5.41 Å². The maximum Gasteiger partial charge on any atom is 0.304 e. The van der Waals surface area contributed by atoms with Crippen LogP contribution >= 0.6 is 11.6 Å². The summed E-state index contributed by atoms with van der Waals surface area (Å²) in [6, 6.07) is 6.97. The van der Waals surface area contributed by atoms with Gasteiger partial charge in [0.25, 0.3) is 0 Å². The summed E-state index contributed by atoms with van der Waals surface area (Å²) >= 11 is 5.93. The van der Waals surface area contributed by atoms with Crippen molar-refractivity contribution in [2.45, 2.75) is 25.3 Å². The minimum atomic E-state index is -0.993. The minimum absolute atomic E-state index is 0.201. The van der Waals surface area contributed by atoms with Gasteiger partial charge in [0.15, 0.2) is 0 Å². The second-order valence-electron chi connectivity index (χ2n) is 5.65. The fourth-order valence-corrected chi connectivity index (χ4v) is 3.12. The molecule has 1 unspecified atom stereocenters. The maximum atomic E-state index is 12.9. The summed E-state index contributed by atoms with van der Waals surface area (Å²) < 4.78 is 0. The van der Waals surface area contributed by atoms with Crippen molar-refractivity contribution in [1.82, 2.24) is 10.2 Å². The van der Waals surface area contributed by atoms with E-state index in [9.17, 15) is 9.59 Å². The third kappa shape index (κ3) is 3.94. The molecule has 1 amide bonds. The van der Waals surface area contributed by atoms with Crippen LogP contribution in [0, 0.1) is 11.3 Å². The Balaban J connectivity index is 2.40. The number of amides is 1. The summed E-state index contributed by atoms with van der Waals surface area (Å²) in [4.78, 5) is 25.4. The van der Waals surface area contributed by atoms with E-state index in [-0.39, 0.29) is 18.4 Å². The number of nitrogens with zero attached hydrogens (tertiary/aromatic N) is 1. The number of halogens is 1. The molecule has 0 bridgehead atoms. The number of carbonyl (C=O) groups excluding carboxylic acids is 1. The molecule has 1 aliphatic heterocycles. The van der Waals surface area contributed by atoms with Crippen molar-refractivity contribution in [3.63, 3.8) is 0 Å². The molecule has 1 fully saturated rings. The molecule has 7 heteroatoms. The first-order chi connectivity index (χ1) is 11.5. The zero-order chi connectivity index (χ0) is 17.7. The van der Waals surface area contributed by atoms with Crippen LogP contribution in [0.5, 0.6) is 0 Å². The van der Waals surface area contributed by atoms with E-state index < -0.39 is 11.9 Å². The van der Waals surface area contributed by atoms with E-state index in [0.29, 0.717) is 23.6 Å². The predicted octanol–water partition coefficient (Wildman–Crippen LogP) is 2.80. The number of carboxylic acid groups (broad SMARTS) is 1. The number of likely N-dealkylation sites (tertiary alicyclic amines) is 1. The van der Waals surface area contributed by atoms with Gasteiger partial charge in [-0.3, -0.25) is 9.59 Å². The molecule has 1 heterocycles. The first-order valence-electron chi connectivity index (χ1n) is 7.66. The number of carboxylic acids is 1. The molecule has 2 rings (SSSR count). The molecule has 2 atom stereocenters. The van der Waals surface area contributed by atoms with Crippen molar-refractivity contribution < 1.29 is 14.7 Å².